The Bertz CT molecular complexity index is 957. The van der Waals surface area contributed by atoms with Crippen LogP contribution in [-0.4, -0.2) is 65.2 Å². The third-order valence-electron chi connectivity index (χ3n) is 5.25. The molecule has 0 unspecified atom stereocenters. The van der Waals surface area contributed by atoms with Crippen LogP contribution in [0.15, 0.2) is 54.6 Å². The number of hydrogen-bond acceptors (Lipinski definition) is 5. The van der Waals surface area contributed by atoms with Gasteiger partial charge in [0.05, 0.1) is 6.54 Å². The molecular weight excluding hydrogens is 421 g/mol. The quantitative estimate of drug-likeness (QED) is 0.767. The van der Waals surface area contributed by atoms with Crippen LogP contribution in [0.2, 0.25) is 0 Å². The van der Waals surface area contributed by atoms with Crippen molar-refractivity contribution in [3.8, 4) is 5.75 Å². The van der Waals surface area contributed by atoms with Gasteiger partial charge in [-0.15, -0.1) is 0 Å². The van der Waals surface area contributed by atoms with Crippen molar-refractivity contribution in [2.24, 2.45) is 0 Å². The van der Waals surface area contributed by atoms with Crippen molar-refractivity contribution in [2.75, 3.05) is 25.4 Å². The van der Waals surface area contributed by atoms with Gasteiger partial charge in [-0.2, -0.15) is 11.8 Å². The molecule has 2 aliphatic rings. The zero-order chi connectivity index (χ0) is 21.8. The number of nitrogens with one attached hydrogen (secondary N) is 1. The highest BCUT2D eigenvalue weighted by Crippen LogP contribution is 2.21. The smallest absolute Gasteiger partial charge is 0.410 e. The molecule has 3 amide bonds. The number of carbonyl (C=O) groups excluding carboxylic acids is 3. The molecule has 2 saturated heterocycles. The number of hydrogen-bond donors (Lipinski definition) is 1. The fourth-order valence-electron chi connectivity index (χ4n) is 3.62. The zero-order valence-electron chi connectivity index (χ0n) is 16.7. The summed E-state index contributed by atoms with van der Waals surface area (Å²) in [6.45, 7) is 0.580. The number of nitrogens with zero attached hydrogens (tertiary/aromatic N) is 2. The van der Waals surface area contributed by atoms with Crippen molar-refractivity contribution < 1.29 is 23.5 Å². The highest BCUT2D eigenvalue weighted by atomic mass is 32.2. The molecule has 7 nitrogen and oxygen atoms in total. The van der Waals surface area contributed by atoms with Gasteiger partial charge in [-0.25, -0.2) is 9.18 Å². The number of amides is 3. The number of benzene rings is 2. The largest absolute Gasteiger partial charge is 0.415 e. The van der Waals surface area contributed by atoms with Crippen LogP contribution in [0.25, 0.3) is 0 Å². The molecule has 4 rings (SSSR count). The van der Waals surface area contributed by atoms with Gasteiger partial charge in [0.1, 0.15) is 23.7 Å². The molecule has 0 radical (unpaired) electrons. The molecule has 31 heavy (non-hydrogen) atoms. The molecule has 9 heteroatoms. The van der Waals surface area contributed by atoms with E-state index in [2.05, 4.69) is 5.32 Å². The number of rotatable bonds is 5. The molecule has 2 aromatic carbocycles. The van der Waals surface area contributed by atoms with Gasteiger partial charge in [0, 0.05) is 24.6 Å². The SMILES string of the molecule is O=C1N[C@@H](CSCc2ccccc2)C(=O)N2CCN(C(=O)Oc3ccc(F)cc3)C[C@H]12. The predicted molar refractivity (Wildman–Crippen MR) is 114 cm³/mol. The number of thioether (sulfide) groups is 1. The predicted octanol–water partition coefficient (Wildman–Crippen LogP) is 2.27. The highest BCUT2D eigenvalue weighted by Gasteiger charge is 2.44. The Morgan fingerprint density at radius 1 is 1.10 bits per heavy atom. The van der Waals surface area contributed by atoms with Crippen LogP contribution >= 0.6 is 11.8 Å². The van der Waals surface area contributed by atoms with E-state index in [1.807, 2.05) is 30.3 Å². The highest BCUT2D eigenvalue weighted by molar-refractivity contribution is 7.98. The first kappa shape index (κ1) is 21.2. The van der Waals surface area contributed by atoms with Gasteiger partial charge in [-0.05, 0) is 29.8 Å². The normalized spacial score (nSPS) is 20.8. The lowest BCUT2D eigenvalue weighted by Crippen LogP contribution is -2.70. The molecular formula is C22H22FN3O4S. The van der Waals surface area contributed by atoms with Gasteiger partial charge in [-0.1, -0.05) is 30.3 Å². The second kappa shape index (κ2) is 9.38. The summed E-state index contributed by atoms with van der Waals surface area (Å²) in [7, 11) is 0. The van der Waals surface area contributed by atoms with E-state index >= 15 is 0 Å². The van der Waals surface area contributed by atoms with Gasteiger partial charge >= 0.3 is 6.09 Å². The van der Waals surface area contributed by atoms with Crippen LogP contribution in [-0.2, 0) is 15.3 Å². The summed E-state index contributed by atoms with van der Waals surface area (Å²) in [5, 5.41) is 2.80. The summed E-state index contributed by atoms with van der Waals surface area (Å²) in [6, 6.07) is 13.7. The Balaban J connectivity index is 1.31. The maximum absolute atomic E-state index is 13.0. The van der Waals surface area contributed by atoms with E-state index < -0.39 is 24.0 Å². The van der Waals surface area contributed by atoms with Gasteiger partial charge in [0.15, 0.2) is 0 Å². The minimum absolute atomic E-state index is 0.0570. The third kappa shape index (κ3) is 4.99. The lowest BCUT2D eigenvalue weighted by molar-refractivity contribution is -0.151. The average molecular weight is 444 g/mol. The molecule has 1 N–H and O–H groups in total. The number of carbonyl (C=O) groups is 3. The van der Waals surface area contributed by atoms with Crippen LogP contribution in [0.4, 0.5) is 9.18 Å². The van der Waals surface area contributed by atoms with Crippen LogP contribution in [0.1, 0.15) is 5.56 Å². The molecule has 2 fully saturated rings. The topological polar surface area (TPSA) is 79.0 Å². The zero-order valence-corrected chi connectivity index (χ0v) is 17.5. The maximum atomic E-state index is 13.0. The monoisotopic (exact) mass is 443 g/mol. The Morgan fingerprint density at radius 3 is 2.58 bits per heavy atom. The van der Waals surface area contributed by atoms with Gasteiger partial charge in [0.25, 0.3) is 0 Å². The third-order valence-corrected chi connectivity index (χ3v) is 6.36. The van der Waals surface area contributed by atoms with Gasteiger partial charge in [0.2, 0.25) is 11.8 Å². The number of fused-ring (bicyclic) bond motifs is 1. The van der Waals surface area contributed by atoms with Crippen LogP contribution in [0.3, 0.4) is 0 Å². The Kier molecular flexibility index (Phi) is 6.41. The average Bonchev–Trinajstić information content (AvgIpc) is 2.79. The van der Waals surface area contributed by atoms with Crippen LogP contribution in [0.5, 0.6) is 5.75 Å². The summed E-state index contributed by atoms with van der Waals surface area (Å²) in [5.74, 6) is 0.628. The Hall–Kier alpha value is -3.07. The molecule has 0 aromatic heterocycles. The van der Waals surface area contributed by atoms with Gasteiger partial charge < -0.3 is 19.9 Å². The van der Waals surface area contributed by atoms with E-state index in [0.717, 1.165) is 11.3 Å². The first-order valence-corrected chi connectivity index (χ1v) is 11.1. The van der Waals surface area contributed by atoms with Crippen LogP contribution in [0, 0.1) is 5.82 Å². The lowest BCUT2D eigenvalue weighted by atomic mass is 10.1. The minimum Gasteiger partial charge on any atom is -0.410 e. The summed E-state index contributed by atoms with van der Waals surface area (Å²) >= 11 is 1.59. The van der Waals surface area contributed by atoms with Crippen LogP contribution < -0.4 is 10.1 Å². The number of piperazine rings is 2. The molecule has 2 aromatic rings. The maximum Gasteiger partial charge on any atom is 0.415 e. The molecule has 2 atom stereocenters. The lowest BCUT2D eigenvalue weighted by Gasteiger charge is -2.44. The molecule has 2 aliphatic heterocycles. The van der Waals surface area contributed by atoms with E-state index in [1.54, 1.807) is 16.7 Å². The van der Waals surface area contributed by atoms with Gasteiger partial charge in [-0.3, -0.25) is 9.59 Å². The second-order valence-corrected chi connectivity index (χ2v) is 8.41. The molecule has 0 saturated carbocycles. The van der Waals surface area contributed by atoms with Crippen molar-refractivity contribution in [1.29, 1.82) is 0 Å². The van der Waals surface area contributed by atoms with E-state index in [1.165, 1.54) is 29.2 Å². The summed E-state index contributed by atoms with van der Waals surface area (Å²) in [5.41, 5.74) is 1.16. The van der Waals surface area contributed by atoms with E-state index in [4.69, 9.17) is 4.74 Å². The Labute approximate surface area is 183 Å². The van der Waals surface area contributed by atoms with Crippen molar-refractivity contribution in [3.63, 3.8) is 0 Å². The number of halogens is 1. The number of ether oxygens (including phenoxy) is 1. The molecule has 2 heterocycles. The van der Waals surface area contributed by atoms with E-state index in [-0.39, 0.29) is 37.2 Å². The molecule has 162 valence electrons. The first-order chi connectivity index (χ1) is 15.0. The fourth-order valence-corrected chi connectivity index (χ4v) is 4.62. The van der Waals surface area contributed by atoms with Crippen molar-refractivity contribution in [2.45, 2.75) is 17.8 Å². The van der Waals surface area contributed by atoms with Crippen molar-refractivity contribution in [3.05, 3.63) is 66.0 Å². The Morgan fingerprint density at radius 2 is 1.84 bits per heavy atom. The van der Waals surface area contributed by atoms with E-state index in [0.29, 0.717) is 5.75 Å². The summed E-state index contributed by atoms with van der Waals surface area (Å²) < 4.78 is 18.3. The minimum atomic E-state index is -0.739. The standard InChI is InChI=1S/C22H22FN3O4S/c23-16-6-8-17(9-7-16)30-22(29)25-10-11-26-19(12-25)20(27)24-18(21(26)28)14-31-13-15-4-2-1-3-5-15/h1-9,18-19H,10-14H2,(H,24,27)/t18-,19+/m0/s1. The summed E-state index contributed by atoms with van der Waals surface area (Å²) in [6.07, 6.45) is -0.632. The summed E-state index contributed by atoms with van der Waals surface area (Å²) in [4.78, 5) is 40.9. The fraction of sp³-hybridized carbons (Fsp3) is 0.318. The second-order valence-electron chi connectivity index (χ2n) is 7.38. The molecule has 0 aliphatic carbocycles. The first-order valence-electron chi connectivity index (χ1n) is 9.96. The molecule has 0 spiro atoms. The molecule has 0 bridgehead atoms. The van der Waals surface area contributed by atoms with E-state index in [9.17, 15) is 18.8 Å². The van der Waals surface area contributed by atoms with Crippen molar-refractivity contribution in [1.82, 2.24) is 15.1 Å². The van der Waals surface area contributed by atoms with Crippen molar-refractivity contribution >= 4 is 29.7 Å².